The smallest absolute Gasteiger partial charge is 0.409 e. The number of rotatable bonds is 2. The van der Waals surface area contributed by atoms with Crippen LogP contribution in [0.2, 0.25) is 0 Å². The van der Waals surface area contributed by atoms with Crippen molar-refractivity contribution in [1.82, 2.24) is 4.90 Å². The van der Waals surface area contributed by atoms with Gasteiger partial charge in [0.1, 0.15) is 6.10 Å². The molecule has 6 heteroatoms. The summed E-state index contributed by atoms with van der Waals surface area (Å²) in [4.78, 5) is 26.4. The molecule has 20 heavy (non-hydrogen) atoms. The molecule has 0 aromatic rings. The number of nitrogens with zero attached hydrogens (tertiary/aromatic N) is 1. The Morgan fingerprint density at radius 3 is 2.80 bits per heavy atom. The maximum atomic E-state index is 12.7. The van der Waals surface area contributed by atoms with Gasteiger partial charge in [-0.1, -0.05) is 22.0 Å². The molecule has 3 rings (SSSR count). The molecule has 4 bridgehead atoms. The average Bonchev–Trinajstić information content (AvgIpc) is 2.89. The summed E-state index contributed by atoms with van der Waals surface area (Å²) in [6.45, 7) is 4.45. The molecular weight excluding hydrogens is 326 g/mol. The maximum Gasteiger partial charge on any atom is 0.409 e. The predicted octanol–water partition coefficient (Wildman–Crippen LogP) is 1.61. The lowest BCUT2D eigenvalue weighted by molar-refractivity contribution is -0.140. The molecule has 3 fully saturated rings. The minimum absolute atomic E-state index is 0.0717. The molecule has 6 unspecified atom stereocenters. The zero-order valence-electron chi connectivity index (χ0n) is 11.5. The Bertz CT molecular complexity index is 482. The third-order valence-electron chi connectivity index (χ3n) is 5.29. The van der Waals surface area contributed by atoms with Crippen molar-refractivity contribution in [3.63, 3.8) is 0 Å². The number of methoxy groups -OCH3 is 2. The molecule has 3 aliphatic rings. The lowest BCUT2D eigenvalue weighted by Crippen LogP contribution is -2.50. The molecule has 1 heterocycles. The third-order valence-corrected chi connectivity index (χ3v) is 6.47. The van der Waals surface area contributed by atoms with E-state index in [1.807, 2.05) is 6.08 Å². The molecule has 0 N–H and O–H groups in total. The van der Waals surface area contributed by atoms with Crippen LogP contribution in [0.5, 0.6) is 0 Å². The molecule has 0 aromatic carbocycles. The van der Waals surface area contributed by atoms with Crippen molar-refractivity contribution in [2.45, 2.75) is 23.4 Å². The number of alkyl halides is 1. The second-order valence-electron chi connectivity index (χ2n) is 5.80. The van der Waals surface area contributed by atoms with Crippen LogP contribution >= 0.6 is 15.9 Å². The molecule has 0 spiro atoms. The van der Waals surface area contributed by atoms with Crippen LogP contribution in [-0.2, 0) is 14.3 Å². The number of piperidine rings is 1. The Balaban J connectivity index is 2.05. The Morgan fingerprint density at radius 2 is 2.25 bits per heavy atom. The summed E-state index contributed by atoms with van der Waals surface area (Å²) in [5, 5.41) is 0. The van der Waals surface area contributed by atoms with Gasteiger partial charge in [0.05, 0.1) is 19.1 Å². The molecule has 110 valence electrons. The number of ketones is 1. The van der Waals surface area contributed by atoms with Gasteiger partial charge in [0.25, 0.3) is 0 Å². The number of Topliss-reactive ketones (excluding diaryl/α,β-unsaturated/α-hetero) is 1. The van der Waals surface area contributed by atoms with Gasteiger partial charge in [-0.15, -0.1) is 6.58 Å². The quantitative estimate of drug-likeness (QED) is 0.564. The molecular formula is C14H18BrNO4. The summed E-state index contributed by atoms with van der Waals surface area (Å²) >= 11 is 3.70. The van der Waals surface area contributed by atoms with E-state index in [0.29, 0.717) is 13.0 Å². The summed E-state index contributed by atoms with van der Waals surface area (Å²) in [5.41, 5.74) is -0.348. The van der Waals surface area contributed by atoms with Crippen LogP contribution in [0.25, 0.3) is 0 Å². The molecule has 5 nitrogen and oxygen atoms in total. The number of hydrogen-bond acceptors (Lipinski definition) is 4. The average molecular weight is 344 g/mol. The Kier molecular flexibility index (Phi) is 3.21. The van der Waals surface area contributed by atoms with Crippen molar-refractivity contribution in [2.24, 2.45) is 17.3 Å². The van der Waals surface area contributed by atoms with E-state index in [4.69, 9.17) is 9.47 Å². The lowest BCUT2D eigenvalue weighted by Gasteiger charge is -2.43. The van der Waals surface area contributed by atoms with Gasteiger partial charge in [0.2, 0.25) is 0 Å². The zero-order valence-corrected chi connectivity index (χ0v) is 13.1. The van der Waals surface area contributed by atoms with Crippen molar-refractivity contribution < 1.29 is 19.1 Å². The molecule has 0 aromatic heterocycles. The molecule has 6 atom stereocenters. The molecule has 0 radical (unpaired) electrons. The summed E-state index contributed by atoms with van der Waals surface area (Å²) in [6.07, 6.45) is 1.79. The fourth-order valence-electron chi connectivity index (χ4n) is 4.42. The predicted molar refractivity (Wildman–Crippen MR) is 75.6 cm³/mol. The number of halogens is 1. The summed E-state index contributed by atoms with van der Waals surface area (Å²) in [7, 11) is 2.93. The fraction of sp³-hybridized carbons (Fsp3) is 0.714. The van der Waals surface area contributed by atoms with Crippen molar-refractivity contribution >= 4 is 27.8 Å². The standard InChI is InChI=1S/C14H18BrNO4/c1-4-14-6-16(13(18)20-3)11-9(14)12(17)8(19-2)5-7(14)10(11)15/h4,7-11H,1,5-6H2,2-3H3. The van der Waals surface area contributed by atoms with Gasteiger partial charge in [-0.05, 0) is 12.3 Å². The van der Waals surface area contributed by atoms with E-state index < -0.39 is 0 Å². The van der Waals surface area contributed by atoms with Gasteiger partial charge in [0, 0.05) is 23.9 Å². The highest BCUT2D eigenvalue weighted by Crippen LogP contribution is 2.63. The third kappa shape index (κ3) is 1.46. The van der Waals surface area contributed by atoms with E-state index in [1.54, 1.807) is 12.0 Å². The van der Waals surface area contributed by atoms with Gasteiger partial charge in [-0.3, -0.25) is 4.79 Å². The van der Waals surface area contributed by atoms with Crippen LogP contribution in [0.1, 0.15) is 6.42 Å². The number of likely N-dealkylation sites (tertiary alicyclic amines) is 1. The Hall–Kier alpha value is -0.880. The number of amides is 1. The zero-order chi connectivity index (χ0) is 14.7. The van der Waals surface area contributed by atoms with Gasteiger partial charge in [-0.25, -0.2) is 4.79 Å². The van der Waals surface area contributed by atoms with E-state index in [-0.39, 0.29) is 46.1 Å². The van der Waals surface area contributed by atoms with E-state index >= 15 is 0 Å². The van der Waals surface area contributed by atoms with Crippen LogP contribution in [0, 0.1) is 17.3 Å². The second-order valence-corrected chi connectivity index (χ2v) is 6.85. The number of carbonyl (C=O) groups excluding carboxylic acids is 2. The minimum Gasteiger partial charge on any atom is -0.453 e. The van der Waals surface area contributed by atoms with Gasteiger partial charge in [0.15, 0.2) is 5.78 Å². The first-order valence-electron chi connectivity index (χ1n) is 6.70. The summed E-state index contributed by atoms with van der Waals surface area (Å²) in [6, 6.07) is -0.168. The number of ether oxygens (including phenoxy) is 2. The first kappa shape index (κ1) is 14.1. The number of carbonyl (C=O) groups is 2. The summed E-state index contributed by atoms with van der Waals surface area (Å²) < 4.78 is 10.2. The van der Waals surface area contributed by atoms with Crippen LogP contribution < -0.4 is 0 Å². The highest BCUT2D eigenvalue weighted by Gasteiger charge is 2.72. The number of hydrogen-bond donors (Lipinski definition) is 0. The Morgan fingerprint density at radius 1 is 1.55 bits per heavy atom. The van der Waals surface area contributed by atoms with Gasteiger partial charge < -0.3 is 14.4 Å². The van der Waals surface area contributed by atoms with Crippen molar-refractivity contribution in [1.29, 1.82) is 0 Å². The van der Waals surface area contributed by atoms with E-state index in [1.165, 1.54) is 7.11 Å². The van der Waals surface area contributed by atoms with Crippen LogP contribution in [-0.4, -0.2) is 54.5 Å². The topological polar surface area (TPSA) is 55.8 Å². The lowest BCUT2D eigenvalue weighted by atomic mass is 9.65. The minimum atomic E-state index is -0.379. The largest absolute Gasteiger partial charge is 0.453 e. The monoisotopic (exact) mass is 343 g/mol. The van der Waals surface area contributed by atoms with Gasteiger partial charge in [-0.2, -0.15) is 0 Å². The first-order chi connectivity index (χ1) is 9.51. The van der Waals surface area contributed by atoms with Crippen LogP contribution in [0.3, 0.4) is 0 Å². The van der Waals surface area contributed by atoms with Crippen molar-refractivity contribution in [3.05, 3.63) is 12.7 Å². The maximum absolute atomic E-state index is 12.7. The molecule has 1 saturated heterocycles. The molecule has 1 amide bonds. The fourth-order valence-corrected chi connectivity index (χ4v) is 5.72. The Labute approximate surface area is 126 Å². The molecule has 2 saturated carbocycles. The van der Waals surface area contributed by atoms with E-state index in [9.17, 15) is 9.59 Å². The first-order valence-corrected chi connectivity index (χ1v) is 7.62. The SMILES string of the molecule is C=CC12CN(C(=O)OC)C3C(Br)C1CC(OC)C(=O)C32. The van der Waals surface area contributed by atoms with Crippen LogP contribution in [0.4, 0.5) is 4.79 Å². The molecule has 1 aliphatic heterocycles. The second kappa shape index (κ2) is 4.56. The van der Waals surface area contributed by atoms with Gasteiger partial charge >= 0.3 is 6.09 Å². The summed E-state index contributed by atoms with van der Waals surface area (Å²) in [5.74, 6) is 0.104. The highest BCUT2D eigenvalue weighted by atomic mass is 79.9. The van der Waals surface area contributed by atoms with E-state index in [0.717, 1.165) is 0 Å². The normalized spacial score (nSPS) is 45.6. The van der Waals surface area contributed by atoms with Crippen LogP contribution in [0.15, 0.2) is 12.7 Å². The molecule has 2 aliphatic carbocycles. The van der Waals surface area contributed by atoms with E-state index in [2.05, 4.69) is 22.5 Å². The van der Waals surface area contributed by atoms with Crippen molar-refractivity contribution in [3.8, 4) is 0 Å². The highest BCUT2D eigenvalue weighted by molar-refractivity contribution is 9.09. The van der Waals surface area contributed by atoms with Crippen molar-refractivity contribution in [2.75, 3.05) is 20.8 Å².